The number of fused-ring (bicyclic) bond motifs is 1. The van der Waals surface area contributed by atoms with Crippen LogP contribution in [0.4, 0.5) is 10.6 Å². The number of ether oxygens (including phenoxy) is 2. The number of amides is 2. The summed E-state index contributed by atoms with van der Waals surface area (Å²) in [5, 5.41) is 10.1. The van der Waals surface area contributed by atoms with Crippen LogP contribution in [0, 0.1) is 5.92 Å². The van der Waals surface area contributed by atoms with E-state index in [1.165, 1.54) is 4.68 Å². The van der Waals surface area contributed by atoms with E-state index >= 15 is 0 Å². The molecule has 3 aromatic rings. The number of anilines is 1. The summed E-state index contributed by atoms with van der Waals surface area (Å²) in [4.78, 5) is 39.8. The Kier molecular flexibility index (Phi) is 7.13. The summed E-state index contributed by atoms with van der Waals surface area (Å²) in [6.45, 7) is 4.17. The van der Waals surface area contributed by atoms with Crippen LogP contribution in [0.3, 0.4) is 0 Å². The van der Waals surface area contributed by atoms with Crippen molar-refractivity contribution in [3.63, 3.8) is 0 Å². The molecule has 2 aliphatic rings. The smallest absolute Gasteiger partial charge is 0.412 e. The van der Waals surface area contributed by atoms with Gasteiger partial charge in [-0.15, -0.1) is 16.9 Å². The van der Waals surface area contributed by atoms with E-state index in [9.17, 15) is 14.4 Å². The number of carbonyl (C=O) groups is 3. The molecule has 3 heterocycles. The van der Waals surface area contributed by atoms with Crippen molar-refractivity contribution in [3.05, 3.63) is 78.0 Å². The highest BCUT2D eigenvalue weighted by Crippen LogP contribution is 2.48. The molecule has 37 heavy (non-hydrogen) atoms. The summed E-state index contributed by atoms with van der Waals surface area (Å²) in [6.07, 6.45) is 0.358. The van der Waals surface area contributed by atoms with Crippen LogP contribution >= 0.6 is 11.8 Å². The second kappa shape index (κ2) is 10.6. The standard InChI is InChI=1S/C26H27N5O5S/c1-3-35-26(34)27-20-15-30(29-28-20)14-19-23(32)31-21(16(2)37-24(19)31)25(33)36-22(17-10-6-4-7-11-17)18-12-8-5-9-13-18/h4-13,15-16,19,21-22,24H,3,14H2,1-2H3,(H,27,34)/t16-,19?,21-,24+/m1/s1. The number of benzene rings is 2. The van der Waals surface area contributed by atoms with Crippen LogP contribution in [0.5, 0.6) is 0 Å². The van der Waals surface area contributed by atoms with E-state index in [-0.39, 0.29) is 41.4 Å². The summed E-state index contributed by atoms with van der Waals surface area (Å²) in [7, 11) is 0. The highest BCUT2D eigenvalue weighted by Gasteiger charge is 2.60. The number of nitrogens with one attached hydrogen (secondary N) is 1. The molecule has 0 bridgehead atoms. The lowest BCUT2D eigenvalue weighted by atomic mass is 9.95. The van der Waals surface area contributed by atoms with Crippen LogP contribution in [-0.2, 0) is 25.6 Å². The molecular weight excluding hydrogens is 494 g/mol. The van der Waals surface area contributed by atoms with Gasteiger partial charge in [-0.1, -0.05) is 72.8 Å². The molecule has 0 radical (unpaired) electrons. The number of rotatable bonds is 8. The number of thioether (sulfide) groups is 1. The topological polar surface area (TPSA) is 116 Å². The van der Waals surface area contributed by atoms with Gasteiger partial charge in [0.1, 0.15) is 6.04 Å². The number of esters is 1. The van der Waals surface area contributed by atoms with Crippen LogP contribution in [0.25, 0.3) is 0 Å². The maximum absolute atomic E-state index is 13.5. The maximum Gasteiger partial charge on any atom is 0.412 e. The van der Waals surface area contributed by atoms with E-state index in [0.717, 1.165) is 11.1 Å². The molecule has 0 spiro atoms. The molecule has 1 aromatic heterocycles. The van der Waals surface area contributed by atoms with Crippen LogP contribution in [0.2, 0.25) is 0 Å². The van der Waals surface area contributed by atoms with Crippen molar-refractivity contribution in [1.82, 2.24) is 19.9 Å². The molecule has 2 aromatic carbocycles. The highest BCUT2D eigenvalue weighted by atomic mass is 32.2. The molecule has 2 aliphatic heterocycles. The molecule has 2 saturated heterocycles. The Bertz CT molecular complexity index is 1230. The molecule has 10 nitrogen and oxygen atoms in total. The first-order valence-electron chi connectivity index (χ1n) is 12.1. The zero-order valence-corrected chi connectivity index (χ0v) is 21.2. The fraction of sp³-hybridized carbons (Fsp3) is 0.346. The maximum atomic E-state index is 13.5. The summed E-state index contributed by atoms with van der Waals surface area (Å²) >= 11 is 1.58. The van der Waals surface area contributed by atoms with Gasteiger partial charge in [-0.25, -0.2) is 14.3 Å². The molecule has 11 heteroatoms. The minimum atomic E-state index is -0.675. The third-order valence-corrected chi connectivity index (χ3v) is 7.92. The van der Waals surface area contributed by atoms with Gasteiger partial charge in [0.15, 0.2) is 11.9 Å². The van der Waals surface area contributed by atoms with Crippen molar-refractivity contribution in [2.24, 2.45) is 5.92 Å². The fourth-order valence-electron chi connectivity index (χ4n) is 4.69. The van der Waals surface area contributed by atoms with Crippen molar-refractivity contribution >= 4 is 35.5 Å². The van der Waals surface area contributed by atoms with Gasteiger partial charge in [0.05, 0.1) is 30.6 Å². The largest absolute Gasteiger partial charge is 0.451 e. The van der Waals surface area contributed by atoms with Gasteiger partial charge in [-0.05, 0) is 18.1 Å². The minimum Gasteiger partial charge on any atom is -0.451 e. The van der Waals surface area contributed by atoms with E-state index in [1.807, 2.05) is 67.6 Å². The Hall–Kier alpha value is -3.86. The predicted molar refractivity (Wildman–Crippen MR) is 136 cm³/mol. The number of β-lactam (4-membered cyclic amide) rings is 1. The molecule has 192 valence electrons. The first-order chi connectivity index (χ1) is 18.0. The van der Waals surface area contributed by atoms with Gasteiger partial charge < -0.3 is 14.4 Å². The number of hydrogen-bond donors (Lipinski definition) is 1. The van der Waals surface area contributed by atoms with E-state index in [1.54, 1.807) is 29.8 Å². The fourth-order valence-corrected chi connectivity index (χ4v) is 6.28. The second-order valence-corrected chi connectivity index (χ2v) is 10.3. The summed E-state index contributed by atoms with van der Waals surface area (Å²) in [5.74, 6) is -0.672. The molecule has 1 unspecified atom stereocenters. The minimum absolute atomic E-state index is 0.129. The third kappa shape index (κ3) is 5.04. The number of aromatic nitrogens is 3. The van der Waals surface area contributed by atoms with E-state index in [2.05, 4.69) is 15.6 Å². The Morgan fingerprint density at radius 1 is 1.08 bits per heavy atom. The third-order valence-electron chi connectivity index (χ3n) is 6.40. The molecule has 4 atom stereocenters. The second-order valence-electron chi connectivity index (χ2n) is 8.84. The van der Waals surface area contributed by atoms with Crippen LogP contribution in [0.15, 0.2) is 66.9 Å². The van der Waals surface area contributed by atoms with E-state index < -0.39 is 24.2 Å². The molecule has 0 aliphatic carbocycles. The van der Waals surface area contributed by atoms with Crippen molar-refractivity contribution in [2.45, 2.75) is 43.2 Å². The normalized spacial score (nSPS) is 22.4. The van der Waals surface area contributed by atoms with Gasteiger partial charge in [0, 0.05) is 5.25 Å². The summed E-state index contributed by atoms with van der Waals surface area (Å²) in [5.41, 5.74) is 1.73. The molecule has 0 saturated carbocycles. The Morgan fingerprint density at radius 2 is 1.73 bits per heavy atom. The van der Waals surface area contributed by atoms with Crippen LogP contribution < -0.4 is 5.32 Å². The highest BCUT2D eigenvalue weighted by molar-refractivity contribution is 8.01. The average Bonchev–Trinajstić information content (AvgIpc) is 3.48. The Morgan fingerprint density at radius 3 is 2.35 bits per heavy atom. The van der Waals surface area contributed by atoms with Crippen molar-refractivity contribution in [3.8, 4) is 0 Å². The predicted octanol–water partition coefficient (Wildman–Crippen LogP) is 3.47. The van der Waals surface area contributed by atoms with Crippen molar-refractivity contribution in [1.29, 1.82) is 0 Å². The van der Waals surface area contributed by atoms with Crippen LogP contribution in [0.1, 0.15) is 31.1 Å². The molecule has 2 fully saturated rings. The monoisotopic (exact) mass is 521 g/mol. The van der Waals surface area contributed by atoms with Crippen molar-refractivity contribution < 1.29 is 23.9 Å². The zero-order chi connectivity index (χ0) is 25.9. The van der Waals surface area contributed by atoms with Crippen molar-refractivity contribution in [2.75, 3.05) is 11.9 Å². The lowest BCUT2D eigenvalue weighted by Crippen LogP contribution is -2.62. The van der Waals surface area contributed by atoms with Gasteiger partial charge in [-0.2, -0.15) is 0 Å². The van der Waals surface area contributed by atoms with Gasteiger partial charge >= 0.3 is 12.1 Å². The lowest BCUT2D eigenvalue weighted by molar-refractivity contribution is -0.168. The molecular formula is C26H27N5O5S. The quantitative estimate of drug-likeness (QED) is 0.354. The molecule has 2 amide bonds. The first kappa shape index (κ1) is 24.8. The van der Waals surface area contributed by atoms with Gasteiger partial charge in [0.2, 0.25) is 5.91 Å². The molecule has 1 N–H and O–H groups in total. The number of carbonyl (C=O) groups excluding carboxylic acids is 3. The number of nitrogens with zero attached hydrogens (tertiary/aromatic N) is 4. The van der Waals surface area contributed by atoms with Gasteiger partial charge in [0.25, 0.3) is 0 Å². The van der Waals surface area contributed by atoms with Crippen LogP contribution in [-0.4, -0.2) is 61.1 Å². The summed E-state index contributed by atoms with van der Waals surface area (Å²) in [6, 6.07) is 18.5. The van der Waals surface area contributed by atoms with Gasteiger partial charge in [-0.3, -0.25) is 10.1 Å². The average molecular weight is 522 g/mol. The van der Waals surface area contributed by atoms with E-state index in [0.29, 0.717) is 0 Å². The number of hydrogen-bond acceptors (Lipinski definition) is 8. The van der Waals surface area contributed by atoms with E-state index in [4.69, 9.17) is 9.47 Å². The Balaban J connectivity index is 1.27. The zero-order valence-electron chi connectivity index (χ0n) is 20.4. The first-order valence-corrected chi connectivity index (χ1v) is 13.0. The Labute approximate surface area is 218 Å². The lowest BCUT2D eigenvalue weighted by Gasteiger charge is -2.43. The molecule has 5 rings (SSSR count). The SMILES string of the molecule is CCOC(=O)Nc1cn(CC2C(=O)N3[C@H]2S[C@H](C)[C@@H]3C(=O)OC(c2ccccc2)c2ccccc2)nn1. The summed E-state index contributed by atoms with van der Waals surface area (Å²) < 4.78 is 12.4.